The second-order valence-corrected chi connectivity index (χ2v) is 5.13. The largest absolute Gasteiger partial charge is 0.309 e. The van der Waals surface area contributed by atoms with Crippen molar-refractivity contribution < 1.29 is 13.2 Å². The summed E-state index contributed by atoms with van der Waals surface area (Å²) < 4.78 is 39.1. The molecule has 1 nitrogen and oxygen atoms in total. The smallest absolute Gasteiger partial charge is 0.194 e. The molecule has 0 unspecified atom stereocenters. The average Bonchev–Trinajstić information content (AvgIpc) is 2.85. The molecule has 4 heteroatoms. The van der Waals surface area contributed by atoms with Crippen LogP contribution < -0.4 is 5.32 Å². The summed E-state index contributed by atoms with van der Waals surface area (Å²) in [4.78, 5) is 0. The predicted octanol–water partition coefficient (Wildman–Crippen LogP) is 3.36. The van der Waals surface area contributed by atoms with Crippen LogP contribution in [-0.2, 0) is 19.4 Å². The Morgan fingerprint density at radius 2 is 1.50 bits per heavy atom. The molecule has 0 bridgehead atoms. The molecule has 0 saturated carbocycles. The van der Waals surface area contributed by atoms with Gasteiger partial charge in [-0.05, 0) is 41.7 Å². The maximum Gasteiger partial charge on any atom is 0.194 e. The Kier molecular flexibility index (Phi) is 3.49. The Morgan fingerprint density at radius 3 is 2.05 bits per heavy atom. The van der Waals surface area contributed by atoms with Crippen LogP contribution in [0.25, 0.3) is 0 Å². The molecule has 3 rings (SSSR count). The minimum Gasteiger partial charge on any atom is -0.309 e. The Hall–Kier alpha value is -1.81. The van der Waals surface area contributed by atoms with Crippen molar-refractivity contribution in [1.29, 1.82) is 0 Å². The average molecular weight is 277 g/mol. The SMILES string of the molecule is Fc1cc(CNC2Cc3ccccc3C2)cc(F)c1F. The highest BCUT2D eigenvalue weighted by molar-refractivity contribution is 5.33. The zero-order valence-corrected chi connectivity index (χ0v) is 10.8. The van der Waals surface area contributed by atoms with Gasteiger partial charge >= 0.3 is 0 Å². The van der Waals surface area contributed by atoms with Gasteiger partial charge in [0.05, 0.1) is 0 Å². The Labute approximate surface area is 115 Å². The van der Waals surface area contributed by atoms with Gasteiger partial charge in [-0.3, -0.25) is 0 Å². The fraction of sp³-hybridized carbons (Fsp3) is 0.250. The van der Waals surface area contributed by atoms with Crippen molar-refractivity contribution in [1.82, 2.24) is 5.32 Å². The highest BCUT2D eigenvalue weighted by Crippen LogP contribution is 2.22. The lowest BCUT2D eigenvalue weighted by Gasteiger charge is -2.12. The summed E-state index contributed by atoms with van der Waals surface area (Å²) in [5, 5.41) is 3.26. The maximum atomic E-state index is 13.1. The zero-order valence-electron chi connectivity index (χ0n) is 10.8. The van der Waals surface area contributed by atoms with E-state index in [1.807, 2.05) is 12.1 Å². The topological polar surface area (TPSA) is 12.0 Å². The van der Waals surface area contributed by atoms with Crippen LogP contribution in [0.1, 0.15) is 16.7 Å². The van der Waals surface area contributed by atoms with Crippen LogP contribution >= 0.6 is 0 Å². The van der Waals surface area contributed by atoms with Gasteiger partial charge in [-0.2, -0.15) is 0 Å². The second-order valence-electron chi connectivity index (χ2n) is 5.13. The van der Waals surface area contributed by atoms with Crippen molar-refractivity contribution >= 4 is 0 Å². The summed E-state index contributed by atoms with van der Waals surface area (Å²) in [6.07, 6.45) is 1.81. The van der Waals surface area contributed by atoms with Gasteiger partial charge in [0.2, 0.25) is 0 Å². The molecule has 1 aliphatic rings. The summed E-state index contributed by atoms with van der Waals surface area (Å²) >= 11 is 0. The third-order valence-electron chi connectivity index (χ3n) is 3.69. The maximum absolute atomic E-state index is 13.1. The monoisotopic (exact) mass is 277 g/mol. The molecular weight excluding hydrogens is 263 g/mol. The molecule has 0 spiro atoms. The molecule has 0 aromatic heterocycles. The lowest BCUT2D eigenvalue weighted by atomic mass is 10.1. The standard InChI is InChI=1S/C16H14F3N/c17-14-5-10(6-15(18)16(14)19)9-20-13-7-11-3-1-2-4-12(11)8-13/h1-6,13,20H,7-9H2. The van der Waals surface area contributed by atoms with Crippen LogP contribution in [0.3, 0.4) is 0 Å². The van der Waals surface area contributed by atoms with Gasteiger partial charge < -0.3 is 5.32 Å². The van der Waals surface area contributed by atoms with Crippen LogP contribution in [-0.4, -0.2) is 6.04 Å². The molecule has 0 heterocycles. The highest BCUT2D eigenvalue weighted by Gasteiger charge is 2.20. The molecule has 104 valence electrons. The molecular formula is C16H14F3N. The van der Waals surface area contributed by atoms with E-state index in [2.05, 4.69) is 17.4 Å². The molecule has 1 aliphatic carbocycles. The number of fused-ring (bicyclic) bond motifs is 1. The summed E-state index contributed by atoms with van der Waals surface area (Å²) in [6.45, 7) is 0.326. The predicted molar refractivity (Wildman–Crippen MR) is 70.8 cm³/mol. The van der Waals surface area contributed by atoms with E-state index < -0.39 is 17.5 Å². The van der Waals surface area contributed by atoms with E-state index in [4.69, 9.17) is 0 Å². The molecule has 0 atom stereocenters. The first kappa shape index (κ1) is 13.2. The molecule has 2 aromatic rings. The summed E-state index contributed by atoms with van der Waals surface area (Å²) in [5.41, 5.74) is 3.03. The quantitative estimate of drug-likeness (QED) is 0.848. The molecule has 0 radical (unpaired) electrons. The number of rotatable bonds is 3. The van der Waals surface area contributed by atoms with E-state index >= 15 is 0 Å². The molecule has 0 aliphatic heterocycles. The van der Waals surface area contributed by atoms with Gasteiger partial charge in [0.1, 0.15) is 0 Å². The molecule has 0 fully saturated rings. The lowest BCUT2D eigenvalue weighted by Crippen LogP contribution is -2.29. The number of nitrogens with one attached hydrogen (secondary N) is 1. The minimum atomic E-state index is -1.41. The molecule has 20 heavy (non-hydrogen) atoms. The van der Waals surface area contributed by atoms with Crippen molar-refractivity contribution in [3.63, 3.8) is 0 Å². The van der Waals surface area contributed by atoms with Crippen LogP contribution in [0.5, 0.6) is 0 Å². The molecule has 0 amide bonds. The highest BCUT2D eigenvalue weighted by atomic mass is 19.2. The summed E-state index contributed by atoms with van der Waals surface area (Å²) in [6, 6.07) is 10.5. The first-order chi connectivity index (χ1) is 9.63. The first-order valence-corrected chi connectivity index (χ1v) is 6.57. The first-order valence-electron chi connectivity index (χ1n) is 6.57. The van der Waals surface area contributed by atoms with Crippen LogP contribution in [0.15, 0.2) is 36.4 Å². The second kappa shape index (κ2) is 5.29. The Bertz CT molecular complexity index is 591. The van der Waals surface area contributed by atoms with E-state index in [1.54, 1.807) is 0 Å². The van der Waals surface area contributed by atoms with Gasteiger partial charge in [-0.1, -0.05) is 24.3 Å². The molecule has 2 aromatic carbocycles. The van der Waals surface area contributed by atoms with E-state index in [1.165, 1.54) is 11.1 Å². The van der Waals surface area contributed by atoms with Crippen LogP contribution in [0, 0.1) is 17.5 Å². The number of halogens is 3. The molecule has 1 N–H and O–H groups in total. The summed E-state index contributed by atoms with van der Waals surface area (Å²) in [5.74, 6) is -3.70. The zero-order chi connectivity index (χ0) is 14.1. The fourth-order valence-electron chi connectivity index (χ4n) is 2.68. The van der Waals surface area contributed by atoms with E-state index in [0.717, 1.165) is 25.0 Å². The van der Waals surface area contributed by atoms with Gasteiger partial charge in [0, 0.05) is 12.6 Å². The fourth-order valence-corrected chi connectivity index (χ4v) is 2.68. The van der Waals surface area contributed by atoms with Crippen molar-refractivity contribution in [3.05, 3.63) is 70.5 Å². The lowest BCUT2D eigenvalue weighted by molar-refractivity contribution is 0.442. The number of hydrogen-bond acceptors (Lipinski definition) is 1. The summed E-state index contributed by atoms with van der Waals surface area (Å²) in [7, 11) is 0. The number of benzene rings is 2. The number of hydrogen-bond donors (Lipinski definition) is 1. The van der Waals surface area contributed by atoms with Crippen LogP contribution in [0.4, 0.5) is 13.2 Å². The van der Waals surface area contributed by atoms with E-state index in [0.29, 0.717) is 12.1 Å². The van der Waals surface area contributed by atoms with Crippen molar-refractivity contribution in [2.45, 2.75) is 25.4 Å². The molecule has 0 saturated heterocycles. The van der Waals surface area contributed by atoms with Gasteiger partial charge in [-0.25, -0.2) is 13.2 Å². The van der Waals surface area contributed by atoms with Gasteiger partial charge in [0.25, 0.3) is 0 Å². The third kappa shape index (κ3) is 2.56. The van der Waals surface area contributed by atoms with E-state index in [9.17, 15) is 13.2 Å². The van der Waals surface area contributed by atoms with Gasteiger partial charge in [0.15, 0.2) is 17.5 Å². The van der Waals surface area contributed by atoms with Crippen LogP contribution in [0.2, 0.25) is 0 Å². The van der Waals surface area contributed by atoms with Gasteiger partial charge in [-0.15, -0.1) is 0 Å². The Balaban J connectivity index is 1.64. The van der Waals surface area contributed by atoms with E-state index in [-0.39, 0.29) is 6.04 Å². The normalized spacial score (nSPS) is 14.6. The minimum absolute atomic E-state index is 0.253. The third-order valence-corrected chi connectivity index (χ3v) is 3.69. The van der Waals surface area contributed by atoms with Crippen molar-refractivity contribution in [3.8, 4) is 0 Å². The van der Waals surface area contributed by atoms with Crippen molar-refractivity contribution in [2.75, 3.05) is 0 Å². The Morgan fingerprint density at radius 1 is 0.950 bits per heavy atom. The van der Waals surface area contributed by atoms with Crippen molar-refractivity contribution in [2.24, 2.45) is 0 Å².